The first-order valence-electron chi connectivity index (χ1n) is 5.93. The molecule has 0 saturated heterocycles. The zero-order valence-corrected chi connectivity index (χ0v) is 12.2. The topological polar surface area (TPSA) is 72.4 Å². The van der Waals surface area contributed by atoms with Crippen LogP contribution in [0.25, 0.3) is 0 Å². The van der Waals surface area contributed by atoms with Gasteiger partial charge in [-0.25, -0.2) is 13.6 Å². The van der Waals surface area contributed by atoms with Crippen LogP contribution in [-0.2, 0) is 16.2 Å². The summed E-state index contributed by atoms with van der Waals surface area (Å²) >= 11 is -1.69. The lowest BCUT2D eigenvalue weighted by Gasteiger charge is -2.28. The van der Waals surface area contributed by atoms with Gasteiger partial charge in [-0.05, 0) is 38.5 Å². The summed E-state index contributed by atoms with van der Waals surface area (Å²) < 4.78 is 40.8. The fourth-order valence-corrected chi connectivity index (χ4v) is 2.27. The maximum Gasteiger partial charge on any atom is 0.340 e. The van der Waals surface area contributed by atoms with Crippen LogP contribution in [-0.4, -0.2) is 26.5 Å². The third kappa shape index (κ3) is 4.43. The summed E-state index contributed by atoms with van der Waals surface area (Å²) in [5.41, 5.74) is 0.0949. The van der Waals surface area contributed by atoms with Gasteiger partial charge in [-0.1, -0.05) is 12.1 Å². The Bertz CT molecular complexity index is 479. The summed E-state index contributed by atoms with van der Waals surface area (Å²) in [6.07, 6.45) is -2.33. The molecule has 3 atom stereocenters. The zero-order valence-electron chi connectivity index (χ0n) is 11.4. The molecule has 20 heavy (non-hydrogen) atoms. The van der Waals surface area contributed by atoms with Crippen molar-refractivity contribution >= 4 is 17.3 Å². The summed E-state index contributed by atoms with van der Waals surface area (Å²) in [6, 6.07) is 3.52. The van der Waals surface area contributed by atoms with Crippen LogP contribution in [0.3, 0.4) is 0 Å². The van der Waals surface area contributed by atoms with Crippen molar-refractivity contribution in [2.24, 2.45) is 0 Å². The maximum absolute atomic E-state index is 13.8. The van der Waals surface area contributed by atoms with Crippen LogP contribution in [0.5, 0.6) is 0 Å². The highest BCUT2D eigenvalue weighted by molar-refractivity contribution is 7.90. The highest BCUT2D eigenvalue weighted by Gasteiger charge is 2.37. The molecule has 1 aromatic rings. The van der Waals surface area contributed by atoms with E-state index < -0.39 is 40.1 Å². The van der Waals surface area contributed by atoms with Crippen molar-refractivity contribution in [1.29, 1.82) is 0 Å². The quantitative estimate of drug-likeness (QED) is 0.819. The van der Waals surface area contributed by atoms with Gasteiger partial charge in [-0.3, -0.25) is 0 Å². The third-order valence-corrected chi connectivity index (χ3v) is 4.11. The van der Waals surface area contributed by atoms with E-state index in [-0.39, 0.29) is 5.56 Å². The summed E-state index contributed by atoms with van der Waals surface area (Å²) in [5.74, 6) is -2.31. The van der Waals surface area contributed by atoms with E-state index in [1.807, 2.05) is 0 Å². The molecule has 1 rings (SSSR count). The van der Waals surface area contributed by atoms with Crippen LogP contribution >= 0.6 is 0 Å². The smallest absolute Gasteiger partial charge is 0.340 e. The molecule has 0 radical (unpaired) electrons. The first-order chi connectivity index (χ1) is 9.12. The second-order valence-electron chi connectivity index (χ2n) is 5.27. The van der Waals surface area contributed by atoms with Gasteiger partial charge in [0.25, 0.3) is 0 Å². The molecule has 0 amide bonds. The van der Waals surface area contributed by atoms with E-state index in [9.17, 15) is 18.1 Å². The number of carboxylic acid groups (broad SMARTS) is 1. The predicted molar refractivity (Wildman–Crippen MR) is 72.7 cm³/mol. The van der Waals surface area contributed by atoms with E-state index in [1.165, 1.54) is 12.1 Å². The maximum atomic E-state index is 13.8. The fourth-order valence-electron chi connectivity index (χ4n) is 1.43. The molecular weight excluding hydrogens is 288 g/mol. The van der Waals surface area contributed by atoms with Gasteiger partial charge in [0.1, 0.15) is 16.6 Å². The molecule has 0 aliphatic rings. The largest absolute Gasteiger partial charge is 0.598 e. The number of halogens is 2. The molecule has 1 aromatic carbocycles. The number of carbonyl (C=O) groups is 1. The van der Waals surface area contributed by atoms with Crippen molar-refractivity contribution in [3.63, 3.8) is 0 Å². The number of benzene rings is 1. The number of aliphatic carboxylic acids is 1. The minimum Gasteiger partial charge on any atom is -0.598 e. The summed E-state index contributed by atoms with van der Waals surface area (Å²) in [4.78, 5) is 10.8. The normalized spacial score (nSPS) is 16.5. The van der Waals surface area contributed by atoms with Crippen LogP contribution in [0.4, 0.5) is 8.78 Å². The number of hydrogen-bond donors (Lipinski definition) is 2. The van der Waals surface area contributed by atoms with E-state index in [2.05, 4.69) is 4.72 Å². The molecule has 0 saturated carbocycles. The van der Waals surface area contributed by atoms with Gasteiger partial charge in [0, 0.05) is 11.4 Å². The Hall–Kier alpha value is -1.18. The number of carboxylic acids is 1. The van der Waals surface area contributed by atoms with Crippen molar-refractivity contribution in [3.05, 3.63) is 35.6 Å². The average Bonchev–Trinajstić information content (AvgIpc) is 2.33. The molecule has 0 spiro atoms. The van der Waals surface area contributed by atoms with Gasteiger partial charge in [-0.2, -0.15) is 0 Å². The molecule has 0 fully saturated rings. The van der Waals surface area contributed by atoms with Crippen LogP contribution < -0.4 is 4.72 Å². The monoisotopic (exact) mass is 305 g/mol. The van der Waals surface area contributed by atoms with Crippen LogP contribution in [0.15, 0.2) is 24.3 Å². The molecule has 4 nitrogen and oxygen atoms in total. The van der Waals surface area contributed by atoms with Crippen molar-refractivity contribution in [1.82, 2.24) is 4.72 Å². The highest BCUT2D eigenvalue weighted by Crippen LogP contribution is 2.25. The van der Waals surface area contributed by atoms with Gasteiger partial charge in [0.2, 0.25) is 6.17 Å². The number of nitrogens with one attached hydrogen (secondary N) is 1. The van der Waals surface area contributed by atoms with Gasteiger partial charge < -0.3 is 9.66 Å². The molecular formula is C13H17F2NO3S. The van der Waals surface area contributed by atoms with Crippen molar-refractivity contribution in [2.75, 3.05) is 0 Å². The molecule has 2 unspecified atom stereocenters. The Morgan fingerprint density at radius 3 is 2.50 bits per heavy atom. The van der Waals surface area contributed by atoms with Crippen molar-refractivity contribution < 1.29 is 23.2 Å². The highest BCUT2D eigenvalue weighted by atomic mass is 32.2. The standard InChI is InChI=1S/C13H17F2NO3S/c1-13(2,3)20(19)16-11(10(15)12(17)18)8-5-4-6-9(14)7-8/h4-7,10-11,16H,1-3H3,(H,17,18)/t10?,11?,20-/m0/s1. The second-order valence-corrected chi connectivity index (χ2v) is 7.27. The average molecular weight is 305 g/mol. The first kappa shape index (κ1) is 16.9. The van der Waals surface area contributed by atoms with Crippen LogP contribution in [0.1, 0.15) is 32.4 Å². The summed E-state index contributed by atoms with van der Waals surface area (Å²) in [7, 11) is 0. The SMILES string of the molecule is CC(C)(C)[S@+]([O-])NC(c1cccc(F)c1)C(F)C(=O)O. The first-order valence-corrected chi connectivity index (χ1v) is 7.08. The van der Waals surface area contributed by atoms with E-state index in [4.69, 9.17) is 5.11 Å². The minimum absolute atomic E-state index is 0.0949. The molecule has 7 heteroatoms. The summed E-state index contributed by atoms with van der Waals surface area (Å²) in [5, 5.41) is 8.79. The van der Waals surface area contributed by atoms with E-state index in [0.717, 1.165) is 12.1 Å². The number of hydrogen-bond acceptors (Lipinski definition) is 3. The van der Waals surface area contributed by atoms with Gasteiger partial charge >= 0.3 is 5.97 Å². The number of rotatable bonds is 5. The molecule has 0 bridgehead atoms. The molecule has 112 valence electrons. The molecule has 0 aliphatic heterocycles. The van der Waals surface area contributed by atoms with Crippen molar-refractivity contribution in [3.8, 4) is 0 Å². The van der Waals surface area contributed by atoms with Crippen LogP contribution in [0.2, 0.25) is 0 Å². The Labute approximate surface area is 119 Å². The minimum atomic E-state index is -2.33. The summed E-state index contributed by atoms with van der Waals surface area (Å²) in [6.45, 7) is 4.98. The van der Waals surface area contributed by atoms with Crippen LogP contribution in [0, 0.1) is 5.82 Å². The van der Waals surface area contributed by atoms with E-state index in [1.54, 1.807) is 20.8 Å². The van der Waals surface area contributed by atoms with Gasteiger partial charge in [-0.15, -0.1) is 4.72 Å². The lowest BCUT2D eigenvalue weighted by Crippen LogP contribution is -2.45. The van der Waals surface area contributed by atoms with Crippen molar-refractivity contribution in [2.45, 2.75) is 37.7 Å². The Morgan fingerprint density at radius 1 is 1.45 bits per heavy atom. The van der Waals surface area contributed by atoms with Gasteiger partial charge in [0.15, 0.2) is 0 Å². The lowest BCUT2D eigenvalue weighted by atomic mass is 10.0. The lowest BCUT2D eigenvalue weighted by molar-refractivity contribution is -0.143. The Kier molecular flexibility index (Phi) is 5.50. The molecule has 2 N–H and O–H groups in total. The van der Waals surface area contributed by atoms with E-state index >= 15 is 0 Å². The Morgan fingerprint density at radius 2 is 2.05 bits per heavy atom. The number of alkyl halides is 1. The second kappa shape index (κ2) is 6.51. The van der Waals surface area contributed by atoms with E-state index in [0.29, 0.717) is 0 Å². The third-order valence-electron chi connectivity index (χ3n) is 2.53. The van der Waals surface area contributed by atoms with Gasteiger partial charge in [0.05, 0.1) is 0 Å². The predicted octanol–water partition coefficient (Wildman–Crippen LogP) is 2.34. The molecule has 0 aromatic heterocycles. The Balaban J connectivity index is 3.06. The molecule has 0 aliphatic carbocycles. The molecule has 0 heterocycles. The fraction of sp³-hybridized carbons (Fsp3) is 0.462. The zero-order chi connectivity index (χ0) is 15.5.